The number of hydrogen-bond donors (Lipinski definition) is 2. The molecule has 1 heterocycles. The van der Waals surface area contributed by atoms with E-state index < -0.39 is 5.41 Å². The summed E-state index contributed by atoms with van der Waals surface area (Å²) in [6, 6.07) is 6.03. The van der Waals surface area contributed by atoms with Gasteiger partial charge < -0.3 is 10.8 Å². The van der Waals surface area contributed by atoms with E-state index in [1.807, 2.05) is 6.92 Å². The lowest BCUT2D eigenvalue weighted by Crippen LogP contribution is -2.41. The Hall–Kier alpha value is -1.43. The number of aromatic nitrogens is 2. The third-order valence-electron chi connectivity index (χ3n) is 3.92. The number of halogens is 2. The van der Waals surface area contributed by atoms with E-state index in [2.05, 4.69) is 5.10 Å². The number of aryl methyl sites for hydroxylation is 2. The fraction of sp³-hybridized carbons (Fsp3) is 0.400. The molecule has 0 aliphatic rings. The van der Waals surface area contributed by atoms with Crippen molar-refractivity contribution in [3.05, 3.63) is 52.1 Å². The molecule has 1 atom stereocenters. The summed E-state index contributed by atoms with van der Waals surface area (Å²) in [4.78, 5) is 0. The van der Waals surface area contributed by atoms with Crippen molar-refractivity contribution >= 4 is 11.6 Å². The second-order valence-corrected chi connectivity index (χ2v) is 5.67. The van der Waals surface area contributed by atoms with Crippen molar-refractivity contribution < 1.29 is 9.50 Å². The molecular weight excluding hydrogens is 293 g/mol. The van der Waals surface area contributed by atoms with Crippen LogP contribution in [0.5, 0.6) is 0 Å². The van der Waals surface area contributed by atoms with Crippen LogP contribution in [0.2, 0.25) is 5.02 Å². The number of aliphatic hydroxyl groups excluding tert-OH is 1. The van der Waals surface area contributed by atoms with Crippen LogP contribution in [0.4, 0.5) is 4.39 Å². The Morgan fingerprint density at radius 3 is 2.43 bits per heavy atom. The second kappa shape index (κ2) is 6.13. The van der Waals surface area contributed by atoms with E-state index in [4.69, 9.17) is 17.3 Å². The van der Waals surface area contributed by atoms with Crippen LogP contribution in [0.3, 0.4) is 0 Å². The summed E-state index contributed by atoms with van der Waals surface area (Å²) >= 11 is 6.28. The molecule has 1 aromatic carbocycles. The van der Waals surface area contributed by atoms with Crippen LogP contribution in [-0.4, -0.2) is 28.0 Å². The van der Waals surface area contributed by atoms with E-state index >= 15 is 0 Å². The summed E-state index contributed by atoms with van der Waals surface area (Å²) < 4.78 is 14.8. The lowest BCUT2D eigenvalue weighted by molar-refractivity contribution is 0.194. The first-order chi connectivity index (χ1) is 9.93. The van der Waals surface area contributed by atoms with Crippen LogP contribution < -0.4 is 5.73 Å². The summed E-state index contributed by atoms with van der Waals surface area (Å²) in [6.07, 6.45) is 0.432. The molecule has 0 saturated heterocycles. The van der Waals surface area contributed by atoms with Gasteiger partial charge in [0.05, 0.1) is 23.0 Å². The Kier molecular flexibility index (Phi) is 4.66. The van der Waals surface area contributed by atoms with Gasteiger partial charge in [0.25, 0.3) is 0 Å². The average Bonchev–Trinajstić information content (AvgIpc) is 2.72. The summed E-state index contributed by atoms with van der Waals surface area (Å²) in [5.41, 5.74) is 7.52. The Morgan fingerprint density at radius 2 is 2.00 bits per heavy atom. The van der Waals surface area contributed by atoms with Crippen molar-refractivity contribution in [2.75, 3.05) is 13.2 Å². The van der Waals surface area contributed by atoms with Gasteiger partial charge in [-0.3, -0.25) is 4.68 Å². The molecular formula is C15H19ClFN3O. The monoisotopic (exact) mass is 311 g/mol. The number of benzene rings is 1. The lowest BCUT2D eigenvalue weighted by Gasteiger charge is -2.31. The number of rotatable bonds is 5. The van der Waals surface area contributed by atoms with Gasteiger partial charge in [-0.2, -0.15) is 5.10 Å². The van der Waals surface area contributed by atoms with Gasteiger partial charge in [0.2, 0.25) is 0 Å². The lowest BCUT2D eigenvalue weighted by atomic mass is 9.77. The highest BCUT2D eigenvalue weighted by Crippen LogP contribution is 2.31. The smallest absolute Gasteiger partial charge is 0.123 e. The molecule has 6 heteroatoms. The largest absolute Gasteiger partial charge is 0.395 e. The van der Waals surface area contributed by atoms with Crippen molar-refractivity contribution in [2.24, 2.45) is 12.8 Å². The summed E-state index contributed by atoms with van der Waals surface area (Å²) in [7, 11) is 1.80. The first-order valence-corrected chi connectivity index (χ1v) is 7.06. The van der Waals surface area contributed by atoms with E-state index in [0.717, 1.165) is 17.0 Å². The molecule has 2 rings (SSSR count). The first kappa shape index (κ1) is 15.9. The molecule has 1 unspecified atom stereocenters. The fourth-order valence-corrected chi connectivity index (χ4v) is 2.73. The Labute approximate surface area is 128 Å². The van der Waals surface area contributed by atoms with E-state index in [1.54, 1.807) is 23.9 Å². The summed E-state index contributed by atoms with van der Waals surface area (Å²) in [5.74, 6) is -0.322. The number of aliphatic hydroxyl groups is 1. The molecule has 3 N–H and O–H groups in total. The number of hydrogen-bond acceptors (Lipinski definition) is 3. The highest BCUT2D eigenvalue weighted by Gasteiger charge is 2.33. The van der Waals surface area contributed by atoms with Crippen LogP contribution in [0.15, 0.2) is 24.3 Å². The highest BCUT2D eigenvalue weighted by molar-refractivity contribution is 6.31. The van der Waals surface area contributed by atoms with Crippen LogP contribution >= 0.6 is 11.6 Å². The predicted molar refractivity (Wildman–Crippen MR) is 80.9 cm³/mol. The minimum Gasteiger partial charge on any atom is -0.395 e. The maximum absolute atomic E-state index is 13.1. The van der Waals surface area contributed by atoms with E-state index in [9.17, 15) is 9.50 Å². The molecule has 4 nitrogen and oxygen atoms in total. The third-order valence-corrected chi connectivity index (χ3v) is 4.41. The quantitative estimate of drug-likeness (QED) is 0.887. The molecule has 0 aliphatic carbocycles. The van der Waals surface area contributed by atoms with Gasteiger partial charge in [-0.1, -0.05) is 23.7 Å². The zero-order valence-electron chi connectivity index (χ0n) is 12.1. The van der Waals surface area contributed by atoms with Crippen molar-refractivity contribution in [3.63, 3.8) is 0 Å². The van der Waals surface area contributed by atoms with Crippen molar-refractivity contribution in [3.8, 4) is 0 Å². The second-order valence-electron chi connectivity index (χ2n) is 5.30. The molecule has 21 heavy (non-hydrogen) atoms. The van der Waals surface area contributed by atoms with Gasteiger partial charge in [0.1, 0.15) is 5.82 Å². The predicted octanol–water partition coefficient (Wildman–Crippen LogP) is 1.95. The van der Waals surface area contributed by atoms with Crippen LogP contribution in [0.1, 0.15) is 17.0 Å². The third kappa shape index (κ3) is 2.95. The molecule has 0 radical (unpaired) electrons. The zero-order valence-corrected chi connectivity index (χ0v) is 12.9. The van der Waals surface area contributed by atoms with E-state index in [0.29, 0.717) is 11.4 Å². The Morgan fingerprint density at radius 1 is 1.38 bits per heavy atom. The van der Waals surface area contributed by atoms with E-state index in [1.165, 1.54) is 12.1 Å². The number of nitrogens with zero attached hydrogens (tertiary/aromatic N) is 2. The molecule has 0 bridgehead atoms. The molecule has 0 saturated carbocycles. The SMILES string of the molecule is Cc1nn(C)c(CC(CN)(CO)c2ccc(F)cc2)c1Cl. The minimum atomic E-state index is -0.711. The van der Waals surface area contributed by atoms with Gasteiger partial charge in [-0.25, -0.2) is 4.39 Å². The van der Waals surface area contributed by atoms with Gasteiger partial charge in [0, 0.05) is 25.4 Å². The Balaban J connectivity index is 2.45. The molecule has 114 valence electrons. The molecule has 1 aromatic heterocycles. The normalized spacial score (nSPS) is 14.2. The van der Waals surface area contributed by atoms with Gasteiger partial charge >= 0.3 is 0 Å². The minimum absolute atomic E-state index is 0.157. The zero-order chi connectivity index (χ0) is 15.6. The topological polar surface area (TPSA) is 64.1 Å². The van der Waals surface area contributed by atoms with Crippen molar-refractivity contribution in [1.29, 1.82) is 0 Å². The van der Waals surface area contributed by atoms with Crippen molar-refractivity contribution in [2.45, 2.75) is 18.8 Å². The Bertz CT molecular complexity index is 621. The molecule has 0 fully saturated rings. The molecule has 0 spiro atoms. The fourth-order valence-electron chi connectivity index (χ4n) is 2.50. The number of nitrogens with two attached hydrogens (primary N) is 1. The maximum atomic E-state index is 13.1. The maximum Gasteiger partial charge on any atom is 0.123 e. The molecule has 0 aliphatic heterocycles. The highest BCUT2D eigenvalue weighted by atomic mass is 35.5. The van der Waals surface area contributed by atoms with Crippen LogP contribution in [-0.2, 0) is 18.9 Å². The molecule has 2 aromatic rings. The summed E-state index contributed by atoms with van der Waals surface area (Å²) in [6.45, 7) is 1.89. The summed E-state index contributed by atoms with van der Waals surface area (Å²) in [5, 5.41) is 14.8. The van der Waals surface area contributed by atoms with Crippen LogP contribution in [0.25, 0.3) is 0 Å². The van der Waals surface area contributed by atoms with Gasteiger partial charge in [-0.05, 0) is 24.6 Å². The van der Waals surface area contributed by atoms with Gasteiger partial charge in [0.15, 0.2) is 0 Å². The van der Waals surface area contributed by atoms with Crippen LogP contribution in [0, 0.1) is 12.7 Å². The standard InChI is InChI=1S/C15H19ClFN3O/c1-10-14(16)13(20(2)19-10)7-15(8-18,9-21)11-3-5-12(17)6-4-11/h3-6,21H,7-9,18H2,1-2H3. The van der Waals surface area contributed by atoms with E-state index in [-0.39, 0.29) is 19.0 Å². The molecule has 0 amide bonds. The van der Waals surface area contributed by atoms with Gasteiger partial charge in [-0.15, -0.1) is 0 Å². The first-order valence-electron chi connectivity index (χ1n) is 6.68. The average molecular weight is 312 g/mol. The van der Waals surface area contributed by atoms with Crippen molar-refractivity contribution in [1.82, 2.24) is 9.78 Å².